The van der Waals surface area contributed by atoms with Crippen LogP contribution >= 0.6 is 27.7 Å². The zero-order chi connectivity index (χ0) is 13.8. The molecule has 0 radical (unpaired) electrons. The fourth-order valence-corrected chi connectivity index (χ4v) is 2.65. The van der Waals surface area contributed by atoms with Gasteiger partial charge in [-0.3, -0.25) is 0 Å². The summed E-state index contributed by atoms with van der Waals surface area (Å²) in [5, 5.41) is 12.8. The van der Waals surface area contributed by atoms with Gasteiger partial charge in [-0.05, 0) is 41.2 Å². The number of thioether (sulfide) groups is 1. The van der Waals surface area contributed by atoms with Crippen molar-refractivity contribution in [1.29, 1.82) is 0 Å². The van der Waals surface area contributed by atoms with Gasteiger partial charge in [0, 0.05) is 24.4 Å². The lowest BCUT2D eigenvalue weighted by atomic mass is 10.1. The first-order valence-electron chi connectivity index (χ1n) is 5.42. The monoisotopic (exact) mass is 339 g/mol. The molecule has 0 aliphatic rings. The molecular formula is C12H16BrF2NOS. The Morgan fingerprint density at radius 2 is 2.11 bits per heavy atom. The van der Waals surface area contributed by atoms with Gasteiger partial charge < -0.3 is 10.4 Å². The van der Waals surface area contributed by atoms with E-state index in [1.54, 1.807) is 6.92 Å². The van der Waals surface area contributed by atoms with E-state index in [0.29, 0.717) is 5.75 Å². The molecule has 0 aliphatic heterocycles. The Balaban J connectivity index is 2.62. The van der Waals surface area contributed by atoms with Gasteiger partial charge in [0.1, 0.15) is 11.6 Å². The molecule has 102 valence electrons. The highest BCUT2D eigenvalue weighted by Crippen LogP contribution is 2.21. The summed E-state index contributed by atoms with van der Waals surface area (Å²) in [7, 11) is 0. The minimum atomic E-state index is -0.890. The summed E-state index contributed by atoms with van der Waals surface area (Å²) in [5.41, 5.74) is -0.914. The standard InChI is InChI=1S/C12H16BrF2NOS/c1-12(17,7-18-2)6-16-5-8-10(14)4-3-9(13)11(8)15/h3-4,16-17H,5-7H2,1-2H3. The molecule has 0 amide bonds. The van der Waals surface area contributed by atoms with Crippen LogP contribution in [0.25, 0.3) is 0 Å². The Morgan fingerprint density at radius 1 is 1.44 bits per heavy atom. The van der Waals surface area contributed by atoms with Gasteiger partial charge >= 0.3 is 0 Å². The molecule has 2 N–H and O–H groups in total. The highest BCUT2D eigenvalue weighted by molar-refractivity contribution is 9.10. The molecule has 1 aromatic rings. The molecule has 1 atom stereocenters. The molecule has 6 heteroatoms. The van der Waals surface area contributed by atoms with Crippen LogP contribution in [0, 0.1) is 11.6 Å². The van der Waals surface area contributed by atoms with Crippen molar-refractivity contribution in [2.45, 2.75) is 19.1 Å². The van der Waals surface area contributed by atoms with Crippen molar-refractivity contribution in [2.24, 2.45) is 0 Å². The van der Waals surface area contributed by atoms with Crippen LogP contribution in [0.5, 0.6) is 0 Å². The number of hydrogen-bond donors (Lipinski definition) is 2. The summed E-state index contributed by atoms with van der Waals surface area (Å²) in [6, 6.07) is 2.54. The first kappa shape index (κ1) is 15.9. The van der Waals surface area contributed by atoms with E-state index in [9.17, 15) is 13.9 Å². The number of rotatable bonds is 6. The third kappa shape index (κ3) is 4.50. The van der Waals surface area contributed by atoms with Crippen LogP contribution in [0.3, 0.4) is 0 Å². The zero-order valence-corrected chi connectivity index (χ0v) is 12.7. The van der Waals surface area contributed by atoms with E-state index >= 15 is 0 Å². The van der Waals surface area contributed by atoms with Crippen LogP contribution in [-0.4, -0.2) is 29.3 Å². The van der Waals surface area contributed by atoms with Crippen LogP contribution in [0.1, 0.15) is 12.5 Å². The van der Waals surface area contributed by atoms with E-state index in [-0.39, 0.29) is 23.1 Å². The lowest BCUT2D eigenvalue weighted by Crippen LogP contribution is -2.39. The van der Waals surface area contributed by atoms with E-state index in [1.807, 2.05) is 6.26 Å². The Kier molecular flexibility index (Phi) is 6.04. The van der Waals surface area contributed by atoms with Crippen molar-refractivity contribution in [3.05, 3.63) is 33.8 Å². The minimum Gasteiger partial charge on any atom is -0.388 e. The predicted octanol–water partition coefficient (Wildman–Crippen LogP) is 2.93. The largest absolute Gasteiger partial charge is 0.388 e. The van der Waals surface area contributed by atoms with Gasteiger partial charge in [-0.2, -0.15) is 11.8 Å². The average Bonchev–Trinajstić information content (AvgIpc) is 2.28. The Morgan fingerprint density at radius 3 is 2.72 bits per heavy atom. The summed E-state index contributed by atoms with van der Waals surface area (Å²) < 4.78 is 27.3. The van der Waals surface area contributed by atoms with Gasteiger partial charge in [-0.25, -0.2) is 8.78 Å². The van der Waals surface area contributed by atoms with Crippen molar-refractivity contribution < 1.29 is 13.9 Å². The second-order valence-corrected chi connectivity index (χ2v) is 6.08. The maximum absolute atomic E-state index is 13.6. The number of aliphatic hydroxyl groups is 1. The maximum atomic E-state index is 13.6. The van der Waals surface area contributed by atoms with Crippen molar-refractivity contribution in [3.8, 4) is 0 Å². The Hall–Kier alpha value is -0.170. The quantitative estimate of drug-likeness (QED) is 0.781. The van der Waals surface area contributed by atoms with Gasteiger partial charge in [0.2, 0.25) is 0 Å². The fourth-order valence-electron chi connectivity index (χ4n) is 1.55. The average molecular weight is 340 g/mol. The molecule has 0 saturated carbocycles. The highest BCUT2D eigenvalue weighted by Gasteiger charge is 2.20. The molecule has 0 saturated heterocycles. The predicted molar refractivity (Wildman–Crippen MR) is 74.8 cm³/mol. The Bertz CT molecular complexity index is 415. The number of nitrogens with one attached hydrogen (secondary N) is 1. The molecule has 1 aromatic carbocycles. The maximum Gasteiger partial charge on any atom is 0.144 e. The Labute approximate surface area is 118 Å². The molecule has 1 unspecified atom stereocenters. The molecule has 1 rings (SSSR count). The third-order valence-corrected chi connectivity index (χ3v) is 3.92. The van der Waals surface area contributed by atoms with Crippen molar-refractivity contribution >= 4 is 27.7 Å². The van der Waals surface area contributed by atoms with Gasteiger partial charge in [0.25, 0.3) is 0 Å². The lowest BCUT2D eigenvalue weighted by Gasteiger charge is -2.22. The first-order valence-corrected chi connectivity index (χ1v) is 7.60. The van der Waals surface area contributed by atoms with Crippen molar-refractivity contribution in [1.82, 2.24) is 5.32 Å². The first-order chi connectivity index (χ1) is 8.37. The summed E-state index contributed by atoms with van der Waals surface area (Å²) in [6.07, 6.45) is 1.89. The summed E-state index contributed by atoms with van der Waals surface area (Å²) in [4.78, 5) is 0. The molecule has 0 heterocycles. The highest BCUT2D eigenvalue weighted by atomic mass is 79.9. The van der Waals surface area contributed by atoms with Crippen molar-refractivity contribution in [2.75, 3.05) is 18.6 Å². The normalized spacial score (nSPS) is 14.6. The molecule has 0 bridgehead atoms. The van der Waals surface area contributed by atoms with E-state index < -0.39 is 17.2 Å². The molecule has 2 nitrogen and oxygen atoms in total. The van der Waals surface area contributed by atoms with Gasteiger partial charge in [-0.15, -0.1) is 0 Å². The van der Waals surface area contributed by atoms with Gasteiger partial charge in [0.05, 0.1) is 10.1 Å². The number of hydrogen-bond acceptors (Lipinski definition) is 3. The van der Waals surface area contributed by atoms with E-state index in [0.717, 1.165) is 0 Å². The second-order valence-electron chi connectivity index (χ2n) is 4.36. The van der Waals surface area contributed by atoms with Crippen LogP contribution in [-0.2, 0) is 6.54 Å². The molecule has 0 fully saturated rings. The third-order valence-electron chi connectivity index (χ3n) is 2.40. The SMILES string of the molecule is CSCC(C)(O)CNCc1c(F)ccc(Br)c1F. The summed E-state index contributed by atoms with van der Waals surface area (Å²) in [5.74, 6) is -0.636. The number of benzene rings is 1. The molecule has 0 aliphatic carbocycles. The van der Waals surface area contributed by atoms with Crippen LogP contribution < -0.4 is 5.32 Å². The second kappa shape index (κ2) is 6.84. The summed E-state index contributed by atoms with van der Waals surface area (Å²) >= 11 is 4.53. The molecule has 18 heavy (non-hydrogen) atoms. The van der Waals surface area contributed by atoms with Gasteiger partial charge in [0.15, 0.2) is 0 Å². The van der Waals surface area contributed by atoms with E-state index in [1.165, 1.54) is 23.9 Å². The van der Waals surface area contributed by atoms with Crippen LogP contribution in [0.4, 0.5) is 8.78 Å². The number of halogens is 3. The topological polar surface area (TPSA) is 32.3 Å². The molecular weight excluding hydrogens is 324 g/mol. The summed E-state index contributed by atoms with van der Waals surface area (Å²) in [6.45, 7) is 2.00. The van der Waals surface area contributed by atoms with Crippen molar-refractivity contribution in [3.63, 3.8) is 0 Å². The zero-order valence-electron chi connectivity index (χ0n) is 10.3. The molecule has 0 aromatic heterocycles. The smallest absolute Gasteiger partial charge is 0.144 e. The van der Waals surface area contributed by atoms with E-state index in [4.69, 9.17) is 0 Å². The van der Waals surface area contributed by atoms with Crippen LogP contribution in [0.15, 0.2) is 16.6 Å². The van der Waals surface area contributed by atoms with Crippen LogP contribution in [0.2, 0.25) is 0 Å². The fraction of sp³-hybridized carbons (Fsp3) is 0.500. The lowest BCUT2D eigenvalue weighted by molar-refractivity contribution is 0.0844. The van der Waals surface area contributed by atoms with E-state index in [2.05, 4.69) is 21.2 Å². The minimum absolute atomic E-state index is 0.0238. The molecule has 0 spiro atoms. The van der Waals surface area contributed by atoms with Gasteiger partial charge in [-0.1, -0.05) is 0 Å².